The van der Waals surface area contributed by atoms with Crippen molar-refractivity contribution in [3.63, 3.8) is 0 Å². The molecule has 3 heteroatoms. The van der Waals surface area contributed by atoms with Gasteiger partial charge in [-0.25, -0.2) is 0 Å². The van der Waals surface area contributed by atoms with Crippen molar-refractivity contribution in [2.75, 3.05) is 33.5 Å². The summed E-state index contributed by atoms with van der Waals surface area (Å²) in [6.45, 7) is 8.08. The molecule has 0 amide bonds. The Morgan fingerprint density at radius 2 is 1.71 bits per heavy atom. The lowest BCUT2D eigenvalue weighted by molar-refractivity contribution is 0.0688. The quantitative estimate of drug-likeness (QED) is 0.664. The number of hydrogen-bond donors (Lipinski definition) is 1. The van der Waals surface area contributed by atoms with Crippen molar-refractivity contribution in [1.29, 1.82) is 0 Å². The Labute approximate surface area is 106 Å². The van der Waals surface area contributed by atoms with Gasteiger partial charge in [0.2, 0.25) is 0 Å². The van der Waals surface area contributed by atoms with E-state index in [1.54, 1.807) is 7.11 Å². The van der Waals surface area contributed by atoms with Gasteiger partial charge in [0.15, 0.2) is 0 Å². The molecule has 0 spiro atoms. The van der Waals surface area contributed by atoms with Gasteiger partial charge in [-0.3, -0.25) is 0 Å². The summed E-state index contributed by atoms with van der Waals surface area (Å²) in [6.07, 6.45) is 5.19. The fourth-order valence-electron chi connectivity index (χ4n) is 2.84. The molecule has 1 saturated carbocycles. The third kappa shape index (κ3) is 7.02. The monoisotopic (exact) mass is 243 g/mol. The summed E-state index contributed by atoms with van der Waals surface area (Å²) < 4.78 is 10.4. The summed E-state index contributed by atoms with van der Waals surface area (Å²) in [4.78, 5) is 0. The molecule has 1 aliphatic carbocycles. The Kier molecular flexibility index (Phi) is 7.82. The number of hydrogen-bond acceptors (Lipinski definition) is 3. The summed E-state index contributed by atoms with van der Waals surface area (Å²) >= 11 is 0. The number of rotatable bonds is 8. The fourth-order valence-corrected chi connectivity index (χ4v) is 2.84. The van der Waals surface area contributed by atoms with Crippen LogP contribution in [0.3, 0.4) is 0 Å². The second-order valence-corrected chi connectivity index (χ2v) is 5.53. The van der Waals surface area contributed by atoms with Crippen LogP contribution in [0.4, 0.5) is 0 Å². The van der Waals surface area contributed by atoms with E-state index in [2.05, 4.69) is 19.2 Å². The maximum Gasteiger partial charge on any atom is 0.0700 e. The molecule has 0 radical (unpaired) electrons. The molecule has 0 aromatic rings. The van der Waals surface area contributed by atoms with E-state index in [1.165, 1.54) is 19.3 Å². The van der Waals surface area contributed by atoms with E-state index < -0.39 is 0 Å². The van der Waals surface area contributed by atoms with Gasteiger partial charge in [0.25, 0.3) is 0 Å². The van der Waals surface area contributed by atoms with Crippen molar-refractivity contribution in [1.82, 2.24) is 5.32 Å². The first kappa shape index (κ1) is 14.9. The molecule has 0 aliphatic heterocycles. The lowest BCUT2D eigenvalue weighted by Crippen LogP contribution is -2.37. The summed E-state index contributed by atoms with van der Waals surface area (Å²) in [5, 5.41) is 3.66. The third-order valence-electron chi connectivity index (χ3n) is 3.51. The van der Waals surface area contributed by atoms with Gasteiger partial charge in [0, 0.05) is 19.8 Å². The molecule has 2 unspecified atom stereocenters. The first-order valence-electron chi connectivity index (χ1n) is 7.02. The van der Waals surface area contributed by atoms with Crippen molar-refractivity contribution in [3.8, 4) is 0 Å². The van der Waals surface area contributed by atoms with Gasteiger partial charge >= 0.3 is 0 Å². The zero-order valence-corrected chi connectivity index (χ0v) is 11.7. The van der Waals surface area contributed by atoms with E-state index in [9.17, 15) is 0 Å². The predicted octanol–water partition coefficient (Wildman–Crippen LogP) is 2.45. The molecule has 0 saturated heterocycles. The summed E-state index contributed by atoms with van der Waals surface area (Å²) in [7, 11) is 1.70. The highest BCUT2D eigenvalue weighted by atomic mass is 16.5. The van der Waals surface area contributed by atoms with Crippen LogP contribution in [0.1, 0.15) is 39.5 Å². The van der Waals surface area contributed by atoms with E-state index in [1.807, 2.05) is 0 Å². The SMILES string of the molecule is COCCOCCCNC1CC(C)CC(C)C1. The largest absolute Gasteiger partial charge is 0.382 e. The fraction of sp³-hybridized carbons (Fsp3) is 1.00. The maximum absolute atomic E-state index is 5.44. The number of methoxy groups -OCH3 is 1. The van der Waals surface area contributed by atoms with Crippen molar-refractivity contribution in [2.45, 2.75) is 45.6 Å². The summed E-state index contributed by atoms with van der Waals surface area (Å²) in [5.41, 5.74) is 0. The van der Waals surface area contributed by atoms with Crippen LogP contribution in [0.2, 0.25) is 0 Å². The predicted molar refractivity (Wildman–Crippen MR) is 71.3 cm³/mol. The van der Waals surface area contributed by atoms with Crippen LogP contribution >= 0.6 is 0 Å². The van der Waals surface area contributed by atoms with Crippen molar-refractivity contribution >= 4 is 0 Å². The van der Waals surface area contributed by atoms with E-state index in [4.69, 9.17) is 9.47 Å². The molecule has 102 valence electrons. The van der Waals surface area contributed by atoms with Crippen molar-refractivity contribution in [3.05, 3.63) is 0 Å². The molecule has 17 heavy (non-hydrogen) atoms. The van der Waals surface area contributed by atoms with Crippen molar-refractivity contribution < 1.29 is 9.47 Å². The molecule has 1 aliphatic rings. The Hall–Kier alpha value is -0.120. The molecule has 0 aromatic heterocycles. The van der Waals surface area contributed by atoms with E-state index in [0.717, 1.165) is 37.5 Å². The highest BCUT2D eigenvalue weighted by molar-refractivity contribution is 4.79. The number of nitrogens with one attached hydrogen (secondary N) is 1. The Bertz CT molecular complexity index is 177. The second kappa shape index (κ2) is 8.90. The van der Waals surface area contributed by atoms with E-state index in [0.29, 0.717) is 13.2 Å². The smallest absolute Gasteiger partial charge is 0.0700 e. The molecule has 1 fully saturated rings. The van der Waals surface area contributed by atoms with Gasteiger partial charge in [-0.1, -0.05) is 13.8 Å². The van der Waals surface area contributed by atoms with Gasteiger partial charge in [0.1, 0.15) is 0 Å². The average Bonchev–Trinajstić information content (AvgIpc) is 2.26. The molecule has 0 heterocycles. The van der Waals surface area contributed by atoms with Crippen LogP contribution in [0.25, 0.3) is 0 Å². The van der Waals surface area contributed by atoms with Gasteiger partial charge in [-0.15, -0.1) is 0 Å². The van der Waals surface area contributed by atoms with Crippen LogP contribution < -0.4 is 5.32 Å². The molecule has 1 rings (SSSR count). The van der Waals surface area contributed by atoms with Crippen molar-refractivity contribution in [2.24, 2.45) is 11.8 Å². The Morgan fingerprint density at radius 1 is 1.00 bits per heavy atom. The number of ether oxygens (including phenoxy) is 2. The highest BCUT2D eigenvalue weighted by Crippen LogP contribution is 2.28. The van der Waals surface area contributed by atoms with Crippen LogP contribution in [-0.2, 0) is 9.47 Å². The molecule has 0 aromatic carbocycles. The molecular weight excluding hydrogens is 214 g/mol. The molecule has 1 N–H and O–H groups in total. The molecule has 0 bridgehead atoms. The summed E-state index contributed by atoms with van der Waals surface area (Å²) in [6, 6.07) is 0.729. The zero-order valence-electron chi connectivity index (χ0n) is 11.7. The molecule has 2 atom stereocenters. The minimum Gasteiger partial charge on any atom is -0.382 e. The van der Waals surface area contributed by atoms with Crippen LogP contribution in [-0.4, -0.2) is 39.5 Å². The Morgan fingerprint density at radius 3 is 2.35 bits per heavy atom. The van der Waals surface area contributed by atoms with Gasteiger partial charge in [-0.2, -0.15) is 0 Å². The van der Waals surface area contributed by atoms with Crippen LogP contribution in [0.15, 0.2) is 0 Å². The molecular formula is C14H29NO2. The van der Waals surface area contributed by atoms with Gasteiger partial charge < -0.3 is 14.8 Å². The van der Waals surface area contributed by atoms with Crippen LogP contribution in [0.5, 0.6) is 0 Å². The van der Waals surface area contributed by atoms with E-state index >= 15 is 0 Å². The van der Waals surface area contributed by atoms with Crippen LogP contribution in [0, 0.1) is 11.8 Å². The molecule has 3 nitrogen and oxygen atoms in total. The average molecular weight is 243 g/mol. The lowest BCUT2D eigenvalue weighted by Gasteiger charge is -2.32. The maximum atomic E-state index is 5.44. The summed E-state index contributed by atoms with van der Waals surface area (Å²) in [5.74, 6) is 1.77. The third-order valence-corrected chi connectivity index (χ3v) is 3.51. The van der Waals surface area contributed by atoms with Gasteiger partial charge in [0.05, 0.1) is 13.2 Å². The first-order valence-corrected chi connectivity index (χ1v) is 7.02. The van der Waals surface area contributed by atoms with E-state index in [-0.39, 0.29) is 0 Å². The topological polar surface area (TPSA) is 30.5 Å². The van der Waals surface area contributed by atoms with Gasteiger partial charge in [-0.05, 0) is 44.1 Å². The highest BCUT2D eigenvalue weighted by Gasteiger charge is 2.22. The minimum absolute atomic E-state index is 0.699. The second-order valence-electron chi connectivity index (χ2n) is 5.53. The minimum atomic E-state index is 0.699. The first-order chi connectivity index (χ1) is 8.22. The lowest BCUT2D eigenvalue weighted by atomic mass is 9.80. The standard InChI is InChI=1S/C14H29NO2/c1-12-9-13(2)11-14(10-12)15-5-4-6-17-8-7-16-3/h12-15H,4-11H2,1-3H3. The zero-order chi connectivity index (χ0) is 12.5. The Balaban J connectivity index is 1.95. The normalized spacial score (nSPS) is 29.5.